The maximum atomic E-state index is 12.8. The molecule has 1 saturated heterocycles. The topological polar surface area (TPSA) is 41.1 Å². The molecule has 2 fully saturated rings. The van der Waals surface area contributed by atoms with Gasteiger partial charge >= 0.3 is 0 Å². The first-order valence-electron chi connectivity index (χ1n) is 5.46. The maximum Gasteiger partial charge on any atom is 0.262 e. The molecule has 0 aromatic carbocycles. The SMILES string of the molecule is O=C(NCCC1CC1)C1CC(F)(F)CN1. The average Bonchev–Trinajstić information content (AvgIpc) is 2.90. The summed E-state index contributed by atoms with van der Waals surface area (Å²) in [6.07, 6.45) is 3.10. The summed E-state index contributed by atoms with van der Waals surface area (Å²) in [5.74, 6) is -2.26. The molecule has 1 aliphatic heterocycles. The fourth-order valence-electron chi connectivity index (χ4n) is 1.83. The minimum atomic E-state index is -2.72. The van der Waals surface area contributed by atoms with Gasteiger partial charge < -0.3 is 5.32 Å². The number of alkyl halides is 2. The monoisotopic (exact) mass is 218 g/mol. The molecule has 0 aromatic heterocycles. The van der Waals surface area contributed by atoms with Crippen molar-refractivity contribution < 1.29 is 13.6 Å². The largest absolute Gasteiger partial charge is 0.355 e. The molecular weight excluding hydrogens is 202 g/mol. The van der Waals surface area contributed by atoms with Crippen LogP contribution < -0.4 is 10.6 Å². The predicted molar refractivity (Wildman–Crippen MR) is 51.7 cm³/mol. The zero-order chi connectivity index (χ0) is 10.9. The van der Waals surface area contributed by atoms with E-state index in [9.17, 15) is 13.6 Å². The van der Waals surface area contributed by atoms with Crippen LogP contribution >= 0.6 is 0 Å². The van der Waals surface area contributed by atoms with Crippen LogP contribution in [0.1, 0.15) is 25.7 Å². The Morgan fingerprint density at radius 2 is 2.20 bits per heavy atom. The summed E-state index contributed by atoms with van der Waals surface area (Å²) < 4.78 is 25.5. The summed E-state index contributed by atoms with van der Waals surface area (Å²) in [5.41, 5.74) is 0. The van der Waals surface area contributed by atoms with E-state index in [-0.39, 0.29) is 18.9 Å². The van der Waals surface area contributed by atoms with Crippen molar-refractivity contribution in [3.63, 3.8) is 0 Å². The van der Waals surface area contributed by atoms with Gasteiger partial charge in [0, 0.05) is 13.0 Å². The quantitative estimate of drug-likeness (QED) is 0.736. The Balaban J connectivity index is 1.66. The van der Waals surface area contributed by atoms with Gasteiger partial charge in [0.25, 0.3) is 5.92 Å². The third-order valence-electron chi connectivity index (χ3n) is 2.98. The number of amides is 1. The number of carbonyl (C=O) groups excluding carboxylic acids is 1. The van der Waals surface area contributed by atoms with Gasteiger partial charge in [-0.3, -0.25) is 10.1 Å². The lowest BCUT2D eigenvalue weighted by molar-refractivity contribution is -0.123. The first kappa shape index (κ1) is 10.8. The van der Waals surface area contributed by atoms with E-state index in [4.69, 9.17) is 0 Å². The smallest absolute Gasteiger partial charge is 0.262 e. The highest BCUT2D eigenvalue weighted by molar-refractivity contribution is 5.82. The summed E-state index contributed by atoms with van der Waals surface area (Å²) in [4.78, 5) is 11.4. The van der Waals surface area contributed by atoms with Crippen LogP contribution in [0.2, 0.25) is 0 Å². The molecule has 1 atom stereocenters. The van der Waals surface area contributed by atoms with Crippen LogP contribution in [0.3, 0.4) is 0 Å². The van der Waals surface area contributed by atoms with Crippen molar-refractivity contribution in [2.45, 2.75) is 37.6 Å². The minimum absolute atomic E-state index is 0.284. The second kappa shape index (κ2) is 4.04. The van der Waals surface area contributed by atoms with Crippen molar-refractivity contribution in [2.75, 3.05) is 13.1 Å². The Morgan fingerprint density at radius 3 is 2.73 bits per heavy atom. The first-order chi connectivity index (χ1) is 7.07. The standard InChI is InChI=1S/C10H16F2N2O/c11-10(12)5-8(14-6-10)9(15)13-4-3-7-1-2-7/h7-8,14H,1-6H2,(H,13,15). The van der Waals surface area contributed by atoms with E-state index in [1.165, 1.54) is 12.8 Å². The number of rotatable bonds is 4. The van der Waals surface area contributed by atoms with Crippen LogP contribution in [-0.4, -0.2) is 31.0 Å². The molecule has 3 nitrogen and oxygen atoms in total. The van der Waals surface area contributed by atoms with Crippen LogP contribution in [0.15, 0.2) is 0 Å². The summed E-state index contributed by atoms with van der Waals surface area (Å²) in [7, 11) is 0. The Bertz CT molecular complexity index is 254. The van der Waals surface area contributed by atoms with E-state index < -0.39 is 12.0 Å². The summed E-state index contributed by atoms with van der Waals surface area (Å²) in [6.45, 7) is 0.237. The molecule has 0 spiro atoms. The van der Waals surface area contributed by atoms with Gasteiger partial charge in [0.2, 0.25) is 5.91 Å². The molecule has 1 saturated carbocycles. The zero-order valence-corrected chi connectivity index (χ0v) is 8.56. The number of nitrogens with one attached hydrogen (secondary N) is 2. The third-order valence-corrected chi connectivity index (χ3v) is 2.98. The molecule has 15 heavy (non-hydrogen) atoms. The van der Waals surface area contributed by atoms with E-state index in [1.807, 2.05) is 0 Å². The van der Waals surface area contributed by atoms with Gasteiger partial charge in [0.15, 0.2) is 0 Å². The molecule has 5 heteroatoms. The Kier molecular flexibility index (Phi) is 2.91. The van der Waals surface area contributed by atoms with Gasteiger partial charge in [-0.15, -0.1) is 0 Å². The Morgan fingerprint density at radius 1 is 1.47 bits per heavy atom. The van der Waals surface area contributed by atoms with E-state index in [0.717, 1.165) is 12.3 Å². The van der Waals surface area contributed by atoms with Crippen molar-refractivity contribution in [2.24, 2.45) is 5.92 Å². The van der Waals surface area contributed by atoms with Gasteiger partial charge in [-0.1, -0.05) is 12.8 Å². The number of halogens is 2. The fraction of sp³-hybridized carbons (Fsp3) is 0.900. The average molecular weight is 218 g/mol. The Hall–Kier alpha value is -0.710. The highest BCUT2D eigenvalue weighted by Crippen LogP contribution is 2.31. The predicted octanol–water partition coefficient (Wildman–Crippen LogP) is 0.900. The molecule has 2 N–H and O–H groups in total. The van der Waals surface area contributed by atoms with E-state index in [0.29, 0.717) is 6.54 Å². The van der Waals surface area contributed by atoms with Crippen molar-refractivity contribution in [1.82, 2.24) is 10.6 Å². The molecule has 1 unspecified atom stereocenters. The number of carbonyl (C=O) groups is 1. The second-order valence-electron chi connectivity index (χ2n) is 4.52. The van der Waals surface area contributed by atoms with Crippen LogP contribution in [0, 0.1) is 5.92 Å². The van der Waals surface area contributed by atoms with Gasteiger partial charge in [-0.25, -0.2) is 8.78 Å². The van der Waals surface area contributed by atoms with Gasteiger partial charge in [-0.05, 0) is 12.3 Å². The molecule has 1 heterocycles. The second-order valence-corrected chi connectivity index (χ2v) is 4.52. The zero-order valence-electron chi connectivity index (χ0n) is 8.56. The first-order valence-corrected chi connectivity index (χ1v) is 5.46. The van der Waals surface area contributed by atoms with Crippen molar-refractivity contribution in [3.8, 4) is 0 Å². The molecule has 86 valence electrons. The molecule has 2 rings (SSSR count). The van der Waals surface area contributed by atoms with Crippen molar-refractivity contribution >= 4 is 5.91 Å². The van der Waals surface area contributed by atoms with Crippen LogP contribution in [0.25, 0.3) is 0 Å². The van der Waals surface area contributed by atoms with Gasteiger partial charge in [0.1, 0.15) is 0 Å². The molecule has 0 radical (unpaired) electrons. The van der Waals surface area contributed by atoms with Crippen LogP contribution in [0.5, 0.6) is 0 Å². The fourth-order valence-corrected chi connectivity index (χ4v) is 1.83. The number of hydrogen-bond donors (Lipinski definition) is 2. The van der Waals surface area contributed by atoms with Crippen LogP contribution in [0.4, 0.5) is 8.78 Å². The number of hydrogen-bond acceptors (Lipinski definition) is 2. The van der Waals surface area contributed by atoms with Gasteiger partial charge in [-0.2, -0.15) is 0 Å². The Labute approximate surface area is 87.6 Å². The lowest BCUT2D eigenvalue weighted by Crippen LogP contribution is -2.40. The molecule has 1 aliphatic carbocycles. The summed E-state index contributed by atoms with van der Waals surface area (Å²) in [5, 5.41) is 5.24. The molecule has 2 aliphatic rings. The van der Waals surface area contributed by atoms with E-state index >= 15 is 0 Å². The van der Waals surface area contributed by atoms with Crippen LogP contribution in [-0.2, 0) is 4.79 Å². The lowest BCUT2D eigenvalue weighted by atomic mass is 10.2. The normalized spacial score (nSPS) is 29.1. The van der Waals surface area contributed by atoms with Crippen molar-refractivity contribution in [1.29, 1.82) is 0 Å². The lowest BCUT2D eigenvalue weighted by Gasteiger charge is -2.10. The minimum Gasteiger partial charge on any atom is -0.355 e. The molecule has 1 amide bonds. The molecule has 0 aromatic rings. The maximum absolute atomic E-state index is 12.8. The van der Waals surface area contributed by atoms with Crippen molar-refractivity contribution in [3.05, 3.63) is 0 Å². The highest BCUT2D eigenvalue weighted by atomic mass is 19.3. The highest BCUT2D eigenvalue weighted by Gasteiger charge is 2.42. The van der Waals surface area contributed by atoms with Gasteiger partial charge in [0.05, 0.1) is 12.6 Å². The summed E-state index contributed by atoms with van der Waals surface area (Å²) in [6, 6.07) is -0.709. The molecular formula is C10H16F2N2O. The van der Waals surface area contributed by atoms with E-state index in [2.05, 4.69) is 10.6 Å². The third kappa shape index (κ3) is 3.12. The molecule has 0 bridgehead atoms. The summed E-state index contributed by atoms with van der Waals surface area (Å²) >= 11 is 0. The van der Waals surface area contributed by atoms with E-state index in [1.54, 1.807) is 0 Å².